The number of hydrogen-bond donors (Lipinski definition) is 1. The zero-order valence-electron chi connectivity index (χ0n) is 13.2. The second-order valence-electron chi connectivity index (χ2n) is 5.27. The van der Waals surface area contributed by atoms with Crippen molar-refractivity contribution in [2.45, 2.75) is 12.6 Å². The first-order chi connectivity index (χ1) is 11.7. The molecule has 24 heavy (non-hydrogen) atoms. The van der Waals surface area contributed by atoms with Crippen LogP contribution in [0.2, 0.25) is 0 Å². The number of nitrogens with one attached hydrogen (secondary N) is 1. The number of fused-ring (bicyclic) bond motifs is 1. The van der Waals surface area contributed by atoms with Crippen LogP contribution in [-0.4, -0.2) is 31.7 Å². The van der Waals surface area contributed by atoms with E-state index >= 15 is 0 Å². The number of methoxy groups -OCH3 is 1. The molecule has 124 valence electrons. The molecule has 1 aliphatic heterocycles. The fourth-order valence-electron chi connectivity index (χ4n) is 2.33. The predicted molar refractivity (Wildman–Crippen MR) is 86.0 cm³/mol. The van der Waals surface area contributed by atoms with Gasteiger partial charge in [-0.3, -0.25) is 4.79 Å². The quantitative estimate of drug-likeness (QED) is 0.869. The van der Waals surface area contributed by atoms with Crippen molar-refractivity contribution < 1.29 is 23.8 Å². The van der Waals surface area contributed by atoms with Crippen LogP contribution in [-0.2, 0) is 16.1 Å². The van der Waals surface area contributed by atoms with Crippen LogP contribution >= 0.6 is 0 Å². The molecule has 0 aromatic heterocycles. The van der Waals surface area contributed by atoms with E-state index in [1.165, 1.54) is 7.11 Å². The number of hydrogen-bond acceptors (Lipinski definition) is 5. The smallest absolute Gasteiger partial charge is 0.337 e. The average molecular weight is 327 g/mol. The summed E-state index contributed by atoms with van der Waals surface area (Å²) in [7, 11) is 1.33. The van der Waals surface area contributed by atoms with E-state index in [2.05, 4.69) is 10.1 Å². The standard InChI is InChI=1S/C18H17NO5/c1-22-18(21)13-8-6-12(7-9-13)10-19-17(20)16-11-23-14-4-2-3-5-15(14)24-16/h2-9,16H,10-11H2,1H3,(H,19,20)/t16-/m0/s1. The van der Waals surface area contributed by atoms with Gasteiger partial charge in [-0.2, -0.15) is 0 Å². The Labute approximate surface area is 139 Å². The molecule has 0 aliphatic carbocycles. The van der Waals surface area contributed by atoms with Crippen molar-refractivity contribution in [2.24, 2.45) is 0 Å². The highest BCUT2D eigenvalue weighted by molar-refractivity contribution is 5.89. The summed E-state index contributed by atoms with van der Waals surface area (Å²) < 4.78 is 15.8. The summed E-state index contributed by atoms with van der Waals surface area (Å²) >= 11 is 0. The summed E-state index contributed by atoms with van der Waals surface area (Å²) in [5.74, 6) is 0.560. The number of ether oxygens (including phenoxy) is 3. The summed E-state index contributed by atoms with van der Waals surface area (Å²) in [5.41, 5.74) is 1.33. The van der Waals surface area contributed by atoms with Crippen LogP contribution in [0.25, 0.3) is 0 Å². The van der Waals surface area contributed by atoms with Gasteiger partial charge in [0.1, 0.15) is 6.61 Å². The third-order valence-electron chi connectivity index (χ3n) is 3.64. The minimum Gasteiger partial charge on any atom is -0.485 e. The van der Waals surface area contributed by atoms with Crippen LogP contribution in [0.5, 0.6) is 11.5 Å². The summed E-state index contributed by atoms with van der Waals surface area (Å²) in [4.78, 5) is 23.6. The van der Waals surface area contributed by atoms with Gasteiger partial charge >= 0.3 is 5.97 Å². The molecule has 1 aliphatic rings. The second-order valence-corrected chi connectivity index (χ2v) is 5.27. The molecule has 0 saturated carbocycles. The third-order valence-corrected chi connectivity index (χ3v) is 3.64. The lowest BCUT2D eigenvalue weighted by Crippen LogP contribution is -2.43. The minimum atomic E-state index is -0.686. The lowest BCUT2D eigenvalue weighted by atomic mass is 10.1. The van der Waals surface area contributed by atoms with Gasteiger partial charge in [-0.1, -0.05) is 24.3 Å². The number of para-hydroxylation sites is 2. The zero-order valence-corrected chi connectivity index (χ0v) is 13.2. The minimum absolute atomic E-state index is 0.171. The van der Waals surface area contributed by atoms with E-state index in [9.17, 15) is 9.59 Å². The molecule has 6 heteroatoms. The predicted octanol–water partition coefficient (Wildman–Crippen LogP) is 1.93. The number of rotatable bonds is 4. The Morgan fingerprint density at radius 2 is 1.83 bits per heavy atom. The Morgan fingerprint density at radius 3 is 2.54 bits per heavy atom. The fraction of sp³-hybridized carbons (Fsp3) is 0.222. The van der Waals surface area contributed by atoms with Crippen LogP contribution < -0.4 is 14.8 Å². The first-order valence-corrected chi connectivity index (χ1v) is 7.51. The van der Waals surface area contributed by atoms with Crippen LogP contribution in [0.1, 0.15) is 15.9 Å². The number of benzene rings is 2. The molecule has 1 heterocycles. The molecular formula is C18H17NO5. The zero-order chi connectivity index (χ0) is 16.9. The lowest BCUT2D eigenvalue weighted by Gasteiger charge is -2.25. The normalized spacial score (nSPS) is 15.5. The topological polar surface area (TPSA) is 73.9 Å². The van der Waals surface area contributed by atoms with E-state index < -0.39 is 12.1 Å². The van der Waals surface area contributed by atoms with E-state index in [0.717, 1.165) is 5.56 Å². The Morgan fingerprint density at radius 1 is 1.12 bits per heavy atom. The van der Waals surface area contributed by atoms with Crippen molar-refractivity contribution in [1.82, 2.24) is 5.32 Å². The van der Waals surface area contributed by atoms with E-state index in [1.54, 1.807) is 36.4 Å². The van der Waals surface area contributed by atoms with Crippen molar-refractivity contribution in [3.8, 4) is 11.5 Å². The van der Waals surface area contributed by atoms with Crippen LogP contribution in [0.4, 0.5) is 0 Å². The molecule has 0 radical (unpaired) electrons. The van der Waals surface area contributed by atoms with Gasteiger partial charge in [-0.25, -0.2) is 4.79 Å². The Hall–Kier alpha value is -3.02. The molecule has 0 bridgehead atoms. The number of carbonyl (C=O) groups is 2. The monoisotopic (exact) mass is 327 g/mol. The lowest BCUT2D eigenvalue weighted by molar-refractivity contribution is -0.130. The van der Waals surface area contributed by atoms with Gasteiger partial charge in [0.25, 0.3) is 5.91 Å². The van der Waals surface area contributed by atoms with E-state index in [1.807, 2.05) is 12.1 Å². The summed E-state index contributed by atoms with van der Waals surface area (Å²) in [6.45, 7) is 0.506. The molecule has 0 unspecified atom stereocenters. The molecule has 2 aromatic carbocycles. The number of esters is 1. The highest BCUT2D eigenvalue weighted by atomic mass is 16.6. The molecule has 2 aromatic rings. The Kier molecular flexibility index (Phi) is 4.65. The number of carbonyl (C=O) groups excluding carboxylic acids is 2. The van der Waals surface area contributed by atoms with Gasteiger partial charge < -0.3 is 19.5 Å². The van der Waals surface area contributed by atoms with E-state index in [-0.39, 0.29) is 12.5 Å². The largest absolute Gasteiger partial charge is 0.485 e. The van der Waals surface area contributed by atoms with Gasteiger partial charge in [0, 0.05) is 6.54 Å². The summed E-state index contributed by atoms with van der Waals surface area (Å²) in [5, 5.41) is 2.80. The fourth-order valence-corrected chi connectivity index (χ4v) is 2.33. The Balaban J connectivity index is 1.55. The van der Waals surface area contributed by atoms with Crippen molar-refractivity contribution >= 4 is 11.9 Å². The third kappa shape index (κ3) is 3.48. The van der Waals surface area contributed by atoms with Crippen molar-refractivity contribution in [3.63, 3.8) is 0 Å². The van der Waals surface area contributed by atoms with E-state index in [0.29, 0.717) is 23.6 Å². The number of amides is 1. The average Bonchev–Trinajstić information content (AvgIpc) is 2.65. The van der Waals surface area contributed by atoms with Gasteiger partial charge in [0.2, 0.25) is 6.10 Å². The highest BCUT2D eigenvalue weighted by Gasteiger charge is 2.26. The van der Waals surface area contributed by atoms with Crippen LogP contribution in [0, 0.1) is 0 Å². The van der Waals surface area contributed by atoms with Gasteiger partial charge in [-0.15, -0.1) is 0 Å². The molecule has 0 fully saturated rings. The highest BCUT2D eigenvalue weighted by Crippen LogP contribution is 2.30. The molecule has 3 rings (SSSR count). The molecule has 0 saturated heterocycles. The van der Waals surface area contributed by atoms with Gasteiger partial charge in [0.05, 0.1) is 12.7 Å². The first-order valence-electron chi connectivity index (χ1n) is 7.51. The maximum Gasteiger partial charge on any atom is 0.337 e. The van der Waals surface area contributed by atoms with E-state index in [4.69, 9.17) is 9.47 Å². The van der Waals surface area contributed by atoms with Crippen molar-refractivity contribution in [1.29, 1.82) is 0 Å². The molecule has 1 N–H and O–H groups in total. The van der Waals surface area contributed by atoms with Gasteiger partial charge in [-0.05, 0) is 29.8 Å². The molecule has 1 atom stereocenters. The first kappa shape index (κ1) is 15.9. The summed E-state index contributed by atoms with van der Waals surface area (Å²) in [6.07, 6.45) is -0.686. The molecule has 0 spiro atoms. The second kappa shape index (κ2) is 7.04. The van der Waals surface area contributed by atoms with Gasteiger partial charge in [0.15, 0.2) is 11.5 Å². The molecular weight excluding hydrogens is 310 g/mol. The van der Waals surface area contributed by atoms with Crippen molar-refractivity contribution in [2.75, 3.05) is 13.7 Å². The summed E-state index contributed by atoms with van der Waals surface area (Å²) in [6, 6.07) is 14.1. The Bertz CT molecular complexity index is 741. The van der Waals surface area contributed by atoms with Crippen LogP contribution in [0.3, 0.4) is 0 Å². The molecule has 6 nitrogen and oxygen atoms in total. The van der Waals surface area contributed by atoms with Crippen LogP contribution in [0.15, 0.2) is 48.5 Å². The SMILES string of the molecule is COC(=O)c1ccc(CNC(=O)[C@@H]2COc3ccccc3O2)cc1. The molecule has 1 amide bonds. The maximum atomic E-state index is 12.2. The van der Waals surface area contributed by atoms with Crippen molar-refractivity contribution in [3.05, 3.63) is 59.7 Å². The maximum absolute atomic E-state index is 12.2.